The minimum atomic E-state index is -0.430. The maximum atomic E-state index is 10.3. The number of rotatable bonds is 3. The number of hydrazine groups is 1. The summed E-state index contributed by atoms with van der Waals surface area (Å²) in [5.41, 5.74) is 6.18. The van der Waals surface area contributed by atoms with Gasteiger partial charge in [-0.25, -0.2) is 5.43 Å². The molecule has 0 saturated heterocycles. The number of hydrogen-bond acceptors (Lipinski definition) is 4. The number of anilines is 1. The van der Waals surface area contributed by atoms with Gasteiger partial charge in [0.25, 0.3) is 5.69 Å². The quantitative estimate of drug-likeness (QED) is 0.523. The van der Waals surface area contributed by atoms with Gasteiger partial charge in [-0.15, -0.1) is 0 Å². The highest BCUT2D eigenvalue weighted by Gasteiger charge is 2.03. The molecule has 5 nitrogen and oxygen atoms in total. The van der Waals surface area contributed by atoms with Gasteiger partial charge in [-0.2, -0.15) is 0 Å². The van der Waals surface area contributed by atoms with Crippen molar-refractivity contribution >= 4 is 11.4 Å². The molecule has 1 rings (SSSR count). The standard InChI is InChI=1S/C7H9N3O2/c1-8-9-6-3-2-4-7(5-6)10(11)12/h2-5,8-9H,1H3. The Hall–Kier alpha value is -1.62. The molecule has 0 spiro atoms. The van der Waals surface area contributed by atoms with E-state index in [1.165, 1.54) is 12.1 Å². The van der Waals surface area contributed by atoms with Crippen LogP contribution in [0.1, 0.15) is 0 Å². The summed E-state index contributed by atoms with van der Waals surface area (Å²) < 4.78 is 0. The van der Waals surface area contributed by atoms with Gasteiger partial charge >= 0.3 is 0 Å². The number of non-ortho nitro benzene ring substituents is 1. The lowest BCUT2D eigenvalue weighted by atomic mass is 10.3. The molecular formula is C7H9N3O2. The van der Waals surface area contributed by atoms with Crippen LogP contribution in [-0.4, -0.2) is 12.0 Å². The zero-order valence-electron chi connectivity index (χ0n) is 6.57. The van der Waals surface area contributed by atoms with E-state index in [0.29, 0.717) is 5.69 Å². The average Bonchev–Trinajstić information content (AvgIpc) is 2.05. The van der Waals surface area contributed by atoms with Crippen molar-refractivity contribution in [3.8, 4) is 0 Å². The highest BCUT2D eigenvalue weighted by atomic mass is 16.6. The van der Waals surface area contributed by atoms with Crippen LogP contribution in [0.25, 0.3) is 0 Å². The smallest absolute Gasteiger partial charge is 0.271 e. The lowest BCUT2D eigenvalue weighted by Crippen LogP contribution is -2.14. The van der Waals surface area contributed by atoms with Crippen LogP contribution < -0.4 is 10.9 Å². The Morgan fingerprint density at radius 3 is 2.83 bits per heavy atom. The first kappa shape index (κ1) is 8.48. The third-order valence-electron chi connectivity index (χ3n) is 1.33. The Kier molecular flexibility index (Phi) is 2.60. The fourth-order valence-corrected chi connectivity index (χ4v) is 0.842. The Labute approximate surface area is 69.5 Å². The molecule has 1 aromatic rings. The van der Waals surface area contributed by atoms with E-state index >= 15 is 0 Å². The molecule has 0 aromatic heterocycles. The molecule has 0 aliphatic rings. The van der Waals surface area contributed by atoms with E-state index < -0.39 is 4.92 Å². The fraction of sp³-hybridized carbons (Fsp3) is 0.143. The first-order valence-electron chi connectivity index (χ1n) is 3.41. The van der Waals surface area contributed by atoms with Gasteiger partial charge in [-0.3, -0.25) is 10.1 Å². The van der Waals surface area contributed by atoms with Crippen LogP contribution in [0.5, 0.6) is 0 Å². The van der Waals surface area contributed by atoms with Crippen molar-refractivity contribution in [3.63, 3.8) is 0 Å². The van der Waals surface area contributed by atoms with E-state index in [1.54, 1.807) is 19.2 Å². The van der Waals surface area contributed by atoms with Gasteiger partial charge in [0.1, 0.15) is 0 Å². The van der Waals surface area contributed by atoms with Crippen molar-refractivity contribution < 1.29 is 4.92 Å². The number of benzene rings is 1. The molecule has 0 aliphatic carbocycles. The van der Waals surface area contributed by atoms with Crippen molar-refractivity contribution in [3.05, 3.63) is 34.4 Å². The van der Waals surface area contributed by atoms with Gasteiger partial charge in [0.2, 0.25) is 0 Å². The molecule has 2 N–H and O–H groups in total. The fourth-order valence-electron chi connectivity index (χ4n) is 0.842. The lowest BCUT2D eigenvalue weighted by Gasteiger charge is -2.01. The Balaban J connectivity index is 2.88. The van der Waals surface area contributed by atoms with Crippen LogP contribution in [-0.2, 0) is 0 Å². The summed E-state index contributed by atoms with van der Waals surface area (Å²) in [6, 6.07) is 6.26. The van der Waals surface area contributed by atoms with Gasteiger partial charge in [0.15, 0.2) is 0 Å². The summed E-state index contributed by atoms with van der Waals surface area (Å²) in [5, 5.41) is 10.3. The van der Waals surface area contributed by atoms with Crippen molar-refractivity contribution in [2.24, 2.45) is 0 Å². The molecule has 5 heteroatoms. The number of nitrogens with one attached hydrogen (secondary N) is 2. The van der Waals surface area contributed by atoms with Gasteiger partial charge in [0, 0.05) is 19.2 Å². The molecule has 0 saturated carbocycles. The highest BCUT2D eigenvalue weighted by molar-refractivity contribution is 5.50. The molecule has 0 aliphatic heterocycles. The number of hydrogen-bond donors (Lipinski definition) is 2. The van der Waals surface area contributed by atoms with Crippen molar-refractivity contribution in [2.45, 2.75) is 0 Å². The van der Waals surface area contributed by atoms with E-state index in [-0.39, 0.29) is 5.69 Å². The number of nitro groups is 1. The van der Waals surface area contributed by atoms with Crippen LogP contribution >= 0.6 is 0 Å². The van der Waals surface area contributed by atoms with Crippen molar-refractivity contribution in [2.75, 3.05) is 12.5 Å². The summed E-state index contributed by atoms with van der Waals surface area (Å²) in [6.07, 6.45) is 0. The first-order valence-corrected chi connectivity index (χ1v) is 3.41. The molecule has 0 heterocycles. The summed E-state index contributed by atoms with van der Waals surface area (Å²) in [7, 11) is 1.69. The second-order valence-corrected chi connectivity index (χ2v) is 2.18. The SMILES string of the molecule is CNNc1cccc([N+](=O)[O-])c1. The summed E-state index contributed by atoms with van der Waals surface area (Å²) in [5.74, 6) is 0. The Bertz CT molecular complexity index is 288. The minimum Gasteiger partial charge on any atom is -0.322 e. The van der Waals surface area contributed by atoms with E-state index in [9.17, 15) is 10.1 Å². The predicted molar refractivity (Wildman–Crippen MR) is 45.8 cm³/mol. The summed E-state index contributed by atoms with van der Waals surface area (Å²) >= 11 is 0. The normalized spacial score (nSPS) is 9.42. The molecule has 0 unspecified atom stereocenters. The number of nitrogens with zero attached hydrogens (tertiary/aromatic N) is 1. The first-order chi connectivity index (χ1) is 5.74. The molecular weight excluding hydrogens is 158 g/mol. The number of nitro benzene ring substituents is 1. The molecule has 12 heavy (non-hydrogen) atoms. The molecule has 64 valence electrons. The van der Waals surface area contributed by atoms with Crippen LogP contribution in [0.3, 0.4) is 0 Å². The maximum absolute atomic E-state index is 10.3. The van der Waals surface area contributed by atoms with Gasteiger partial charge in [0.05, 0.1) is 10.6 Å². The van der Waals surface area contributed by atoms with E-state index in [1.807, 2.05) is 0 Å². The van der Waals surface area contributed by atoms with Crippen molar-refractivity contribution in [1.82, 2.24) is 5.43 Å². The molecule has 0 bridgehead atoms. The Morgan fingerprint density at radius 2 is 2.25 bits per heavy atom. The largest absolute Gasteiger partial charge is 0.322 e. The third kappa shape index (κ3) is 1.93. The van der Waals surface area contributed by atoms with Crippen molar-refractivity contribution in [1.29, 1.82) is 0 Å². The van der Waals surface area contributed by atoms with Crippen LogP contribution in [0.2, 0.25) is 0 Å². The maximum Gasteiger partial charge on any atom is 0.271 e. The van der Waals surface area contributed by atoms with Gasteiger partial charge < -0.3 is 5.43 Å². The second kappa shape index (κ2) is 3.68. The summed E-state index contributed by atoms with van der Waals surface area (Å²) in [4.78, 5) is 9.89. The molecule has 0 amide bonds. The third-order valence-corrected chi connectivity index (χ3v) is 1.33. The summed E-state index contributed by atoms with van der Waals surface area (Å²) in [6.45, 7) is 0. The van der Waals surface area contributed by atoms with Gasteiger partial charge in [-0.1, -0.05) is 6.07 Å². The van der Waals surface area contributed by atoms with Crippen LogP contribution in [0, 0.1) is 10.1 Å². The van der Waals surface area contributed by atoms with Gasteiger partial charge in [-0.05, 0) is 6.07 Å². The monoisotopic (exact) mass is 167 g/mol. The molecule has 0 fully saturated rings. The minimum absolute atomic E-state index is 0.0789. The highest BCUT2D eigenvalue weighted by Crippen LogP contribution is 2.15. The Morgan fingerprint density at radius 1 is 1.50 bits per heavy atom. The molecule has 0 radical (unpaired) electrons. The lowest BCUT2D eigenvalue weighted by molar-refractivity contribution is -0.384. The zero-order valence-corrected chi connectivity index (χ0v) is 6.57. The van der Waals surface area contributed by atoms with Crippen LogP contribution in [0.15, 0.2) is 24.3 Å². The molecule has 1 aromatic carbocycles. The van der Waals surface area contributed by atoms with E-state index in [2.05, 4.69) is 10.9 Å². The second-order valence-electron chi connectivity index (χ2n) is 2.18. The average molecular weight is 167 g/mol. The van der Waals surface area contributed by atoms with Crippen LogP contribution in [0.4, 0.5) is 11.4 Å². The predicted octanol–water partition coefficient (Wildman–Crippen LogP) is 1.14. The topological polar surface area (TPSA) is 67.2 Å². The van der Waals surface area contributed by atoms with E-state index in [0.717, 1.165) is 0 Å². The molecule has 0 atom stereocenters. The zero-order chi connectivity index (χ0) is 8.97. The van der Waals surface area contributed by atoms with E-state index in [4.69, 9.17) is 0 Å².